The molecule has 0 atom stereocenters. The summed E-state index contributed by atoms with van der Waals surface area (Å²) in [6, 6.07) is 4.78. The van der Waals surface area contributed by atoms with Gasteiger partial charge in [-0.2, -0.15) is 0 Å². The fourth-order valence-electron chi connectivity index (χ4n) is 2.42. The highest BCUT2D eigenvalue weighted by atomic mass is 79.9. The van der Waals surface area contributed by atoms with Crippen molar-refractivity contribution in [1.29, 1.82) is 0 Å². The first-order valence-corrected chi connectivity index (χ1v) is 7.27. The van der Waals surface area contributed by atoms with E-state index in [1.165, 1.54) is 12.1 Å². The molecule has 1 fully saturated rings. The third-order valence-corrected chi connectivity index (χ3v) is 4.32. The van der Waals surface area contributed by atoms with Crippen molar-refractivity contribution in [1.82, 2.24) is 5.32 Å². The Bertz CT molecular complexity index is 391. The zero-order valence-electron chi connectivity index (χ0n) is 10.3. The van der Waals surface area contributed by atoms with Crippen LogP contribution in [0.15, 0.2) is 22.7 Å². The molecule has 0 amide bonds. The Hall–Kier alpha value is -0.450. The number of benzene rings is 1. The normalized spacial score (nSPS) is 24.2. The fraction of sp³-hybridized carbons (Fsp3) is 0.571. The van der Waals surface area contributed by atoms with Crippen LogP contribution in [0.2, 0.25) is 0 Å². The lowest BCUT2D eigenvalue weighted by Gasteiger charge is -2.25. The quantitative estimate of drug-likeness (QED) is 0.894. The average Bonchev–Trinajstić information content (AvgIpc) is 2.34. The molecule has 0 radical (unpaired) electrons. The molecule has 1 aromatic rings. The predicted octanol–water partition coefficient (Wildman–Crippen LogP) is 3.23. The van der Waals surface area contributed by atoms with E-state index in [-0.39, 0.29) is 11.9 Å². The molecule has 0 aliphatic heterocycles. The van der Waals surface area contributed by atoms with Crippen molar-refractivity contribution in [2.24, 2.45) is 5.92 Å². The number of hydrogen-bond donors (Lipinski definition) is 2. The lowest BCUT2D eigenvalue weighted by Crippen LogP contribution is -2.27. The van der Waals surface area contributed by atoms with Crippen LogP contribution < -0.4 is 5.32 Å². The summed E-state index contributed by atoms with van der Waals surface area (Å²) in [6.45, 7) is 1.72. The summed E-state index contributed by atoms with van der Waals surface area (Å²) < 4.78 is 13.7. The van der Waals surface area contributed by atoms with E-state index < -0.39 is 0 Å². The van der Waals surface area contributed by atoms with Crippen molar-refractivity contribution in [2.75, 3.05) is 6.54 Å². The van der Waals surface area contributed by atoms with Gasteiger partial charge < -0.3 is 10.4 Å². The summed E-state index contributed by atoms with van der Waals surface area (Å²) in [5.74, 6) is 0.444. The van der Waals surface area contributed by atoms with Gasteiger partial charge in [0.25, 0.3) is 0 Å². The standard InChI is InChI=1S/C14H19BrFNO/c15-14-7-12(16)4-3-11(14)9-17-8-10-1-5-13(18)6-2-10/h3-4,7,10,13,17-18H,1-2,5-6,8-9H2. The number of aliphatic hydroxyl groups is 1. The summed E-state index contributed by atoms with van der Waals surface area (Å²) in [6.07, 6.45) is 3.95. The van der Waals surface area contributed by atoms with Gasteiger partial charge in [-0.3, -0.25) is 0 Å². The Morgan fingerprint density at radius 2 is 2.00 bits per heavy atom. The Morgan fingerprint density at radius 1 is 1.28 bits per heavy atom. The van der Waals surface area contributed by atoms with Crippen LogP contribution in [-0.4, -0.2) is 17.8 Å². The number of hydrogen-bond acceptors (Lipinski definition) is 2. The maximum absolute atomic E-state index is 12.9. The molecule has 1 saturated carbocycles. The third kappa shape index (κ3) is 4.04. The lowest BCUT2D eigenvalue weighted by atomic mass is 9.87. The summed E-state index contributed by atoms with van der Waals surface area (Å²) in [5, 5.41) is 12.8. The molecule has 2 rings (SSSR count). The number of nitrogens with one attached hydrogen (secondary N) is 1. The van der Waals surface area contributed by atoms with Crippen molar-refractivity contribution in [3.8, 4) is 0 Å². The van der Waals surface area contributed by atoms with Crippen molar-refractivity contribution in [2.45, 2.75) is 38.3 Å². The molecule has 1 aliphatic rings. The van der Waals surface area contributed by atoms with E-state index in [1.807, 2.05) is 0 Å². The van der Waals surface area contributed by atoms with Crippen LogP contribution in [0.3, 0.4) is 0 Å². The zero-order chi connectivity index (χ0) is 13.0. The van der Waals surface area contributed by atoms with Crippen molar-refractivity contribution >= 4 is 15.9 Å². The SMILES string of the molecule is OC1CCC(CNCc2ccc(F)cc2Br)CC1. The maximum Gasteiger partial charge on any atom is 0.124 e. The highest BCUT2D eigenvalue weighted by molar-refractivity contribution is 9.10. The molecule has 4 heteroatoms. The second kappa shape index (κ2) is 6.64. The Labute approximate surface area is 116 Å². The molecule has 0 saturated heterocycles. The Kier molecular flexibility index (Phi) is 5.15. The third-order valence-electron chi connectivity index (χ3n) is 3.58. The number of aliphatic hydroxyl groups excluding tert-OH is 1. The van der Waals surface area contributed by atoms with E-state index in [9.17, 15) is 9.50 Å². The van der Waals surface area contributed by atoms with Crippen LogP contribution in [-0.2, 0) is 6.54 Å². The molecule has 0 bridgehead atoms. The molecule has 2 N–H and O–H groups in total. The van der Waals surface area contributed by atoms with Crippen LogP contribution >= 0.6 is 15.9 Å². The van der Waals surface area contributed by atoms with Crippen LogP contribution in [0, 0.1) is 11.7 Å². The van der Waals surface area contributed by atoms with E-state index in [2.05, 4.69) is 21.2 Å². The van der Waals surface area contributed by atoms with Gasteiger partial charge in [-0.15, -0.1) is 0 Å². The van der Waals surface area contributed by atoms with E-state index in [0.29, 0.717) is 5.92 Å². The van der Waals surface area contributed by atoms with Gasteiger partial charge in [-0.25, -0.2) is 4.39 Å². The second-order valence-electron chi connectivity index (χ2n) is 5.04. The van der Waals surface area contributed by atoms with Gasteiger partial charge in [0.05, 0.1) is 6.10 Å². The zero-order valence-corrected chi connectivity index (χ0v) is 11.9. The average molecular weight is 316 g/mol. The van der Waals surface area contributed by atoms with E-state index in [4.69, 9.17) is 0 Å². The first-order valence-electron chi connectivity index (χ1n) is 6.48. The Balaban J connectivity index is 1.75. The molecule has 18 heavy (non-hydrogen) atoms. The van der Waals surface area contributed by atoms with Gasteiger partial charge in [-0.1, -0.05) is 22.0 Å². The Morgan fingerprint density at radius 3 is 2.67 bits per heavy atom. The van der Waals surface area contributed by atoms with Crippen LogP contribution in [0.25, 0.3) is 0 Å². The minimum absolute atomic E-state index is 0.0903. The molecule has 0 spiro atoms. The monoisotopic (exact) mass is 315 g/mol. The second-order valence-corrected chi connectivity index (χ2v) is 5.90. The van der Waals surface area contributed by atoms with Gasteiger partial charge in [0.2, 0.25) is 0 Å². The number of halogens is 2. The molecular formula is C14H19BrFNO. The summed E-state index contributed by atoms with van der Waals surface area (Å²) in [7, 11) is 0. The first kappa shape index (κ1) is 14.0. The van der Waals surface area contributed by atoms with Gasteiger partial charge in [0, 0.05) is 11.0 Å². The van der Waals surface area contributed by atoms with Crippen molar-refractivity contribution in [3.63, 3.8) is 0 Å². The molecule has 100 valence electrons. The van der Waals surface area contributed by atoms with E-state index >= 15 is 0 Å². The molecule has 0 unspecified atom stereocenters. The first-order chi connectivity index (χ1) is 8.65. The van der Waals surface area contributed by atoms with Gasteiger partial charge >= 0.3 is 0 Å². The van der Waals surface area contributed by atoms with Crippen molar-refractivity contribution < 1.29 is 9.50 Å². The predicted molar refractivity (Wildman–Crippen MR) is 73.8 cm³/mol. The minimum Gasteiger partial charge on any atom is -0.393 e. The lowest BCUT2D eigenvalue weighted by molar-refractivity contribution is 0.108. The fourth-order valence-corrected chi connectivity index (χ4v) is 2.92. The van der Waals surface area contributed by atoms with Crippen LogP contribution in [0.4, 0.5) is 4.39 Å². The summed E-state index contributed by atoms with van der Waals surface area (Å²) in [4.78, 5) is 0. The molecule has 1 aliphatic carbocycles. The van der Waals surface area contributed by atoms with E-state index in [1.54, 1.807) is 6.07 Å². The van der Waals surface area contributed by atoms with Gasteiger partial charge in [-0.05, 0) is 55.8 Å². The highest BCUT2D eigenvalue weighted by Crippen LogP contribution is 2.24. The van der Waals surface area contributed by atoms with Gasteiger partial charge in [0.15, 0.2) is 0 Å². The topological polar surface area (TPSA) is 32.3 Å². The maximum atomic E-state index is 12.9. The smallest absolute Gasteiger partial charge is 0.124 e. The van der Waals surface area contributed by atoms with Crippen LogP contribution in [0.5, 0.6) is 0 Å². The number of rotatable bonds is 4. The van der Waals surface area contributed by atoms with E-state index in [0.717, 1.165) is 48.8 Å². The molecule has 2 nitrogen and oxygen atoms in total. The minimum atomic E-state index is -0.216. The summed E-state index contributed by atoms with van der Waals surface area (Å²) >= 11 is 3.37. The van der Waals surface area contributed by atoms with Crippen LogP contribution in [0.1, 0.15) is 31.2 Å². The van der Waals surface area contributed by atoms with Crippen molar-refractivity contribution in [3.05, 3.63) is 34.1 Å². The highest BCUT2D eigenvalue weighted by Gasteiger charge is 2.18. The summed E-state index contributed by atoms with van der Waals surface area (Å²) in [5.41, 5.74) is 1.08. The molecule has 1 aromatic carbocycles. The largest absolute Gasteiger partial charge is 0.393 e. The molecule has 0 aromatic heterocycles. The molecule has 0 heterocycles. The van der Waals surface area contributed by atoms with Gasteiger partial charge in [0.1, 0.15) is 5.82 Å². The molecular weight excluding hydrogens is 297 g/mol.